The van der Waals surface area contributed by atoms with Gasteiger partial charge < -0.3 is 0 Å². The smallest absolute Gasteiger partial charge is 0.165 e. The molecule has 0 aliphatic carbocycles. The van der Waals surface area contributed by atoms with Crippen LogP contribution >= 0.6 is 46.4 Å². The highest BCUT2D eigenvalue weighted by Gasteiger charge is 2.15. The number of pyridine rings is 1. The number of nitrogens with one attached hydrogen (secondary N) is 1. The van der Waals surface area contributed by atoms with E-state index in [1.54, 1.807) is 23.0 Å². The van der Waals surface area contributed by atoms with E-state index in [0.717, 1.165) is 0 Å². The zero-order valence-corrected chi connectivity index (χ0v) is 15.9. The lowest BCUT2D eigenvalue weighted by atomic mass is 10.3. The fourth-order valence-electron chi connectivity index (χ4n) is 2.10. The molecular weight excluding hydrogens is 404 g/mol. The average Bonchev–Trinajstić information content (AvgIpc) is 2.85. The number of halogens is 4. The van der Waals surface area contributed by atoms with Gasteiger partial charge in [0, 0.05) is 6.20 Å². The van der Waals surface area contributed by atoms with Crippen LogP contribution in [-0.2, 0) is 0 Å². The molecule has 3 aromatic rings. The van der Waals surface area contributed by atoms with Crippen molar-refractivity contribution in [3.63, 3.8) is 0 Å². The highest BCUT2D eigenvalue weighted by Crippen LogP contribution is 2.27. The second-order valence-corrected chi connectivity index (χ2v) is 6.62. The van der Waals surface area contributed by atoms with E-state index < -0.39 is 0 Å². The molecule has 2 heterocycles. The molecule has 0 aliphatic rings. The molecular formula is C16H11Cl4N5. The van der Waals surface area contributed by atoms with Gasteiger partial charge in [0.1, 0.15) is 5.15 Å². The van der Waals surface area contributed by atoms with E-state index >= 15 is 0 Å². The summed E-state index contributed by atoms with van der Waals surface area (Å²) in [6.45, 7) is 1.83. The van der Waals surface area contributed by atoms with Crippen LogP contribution in [0.3, 0.4) is 0 Å². The summed E-state index contributed by atoms with van der Waals surface area (Å²) in [6, 6.07) is 8.87. The Hall–Kier alpha value is -1.79. The van der Waals surface area contributed by atoms with Gasteiger partial charge in [0.25, 0.3) is 0 Å². The lowest BCUT2D eigenvalue weighted by Gasteiger charge is -2.05. The summed E-state index contributed by atoms with van der Waals surface area (Å²) in [5, 5.41) is 10.3. The molecule has 0 unspecified atom stereocenters. The molecule has 25 heavy (non-hydrogen) atoms. The number of anilines is 1. The number of nitrogens with zero attached hydrogens (tertiary/aromatic N) is 4. The number of para-hydroxylation sites is 1. The van der Waals surface area contributed by atoms with E-state index in [2.05, 4.69) is 20.6 Å². The summed E-state index contributed by atoms with van der Waals surface area (Å²) < 4.78 is 1.56. The van der Waals surface area contributed by atoms with Gasteiger partial charge in [-0.3, -0.25) is 5.43 Å². The van der Waals surface area contributed by atoms with Gasteiger partial charge >= 0.3 is 0 Å². The minimum absolute atomic E-state index is 0.360. The Kier molecular flexibility index (Phi) is 5.49. The number of hydrogen-bond acceptors (Lipinski definition) is 4. The maximum Gasteiger partial charge on any atom is 0.165 e. The molecule has 0 saturated heterocycles. The van der Waals surface area contributed by atoms with Crippen molar-refractivity contribution in [3.05, 3.63) is 68.0 Å². The second-order valence-electron chi connectivity index (χ2n) is 5.01. The zero-order valence-electron chi connectivity index (χ0n) is 12.8. The van der Waals surface area contributed by atoms with Gasteiger partial charge in [-0.1, -0.05) is 58.5 Å². The number of aromatic nitrogens is 3. The Morgan fingerprint density at radius 2 is 1.88 bits per heavy atom. The summed E-state index contributed by atoms with van der Waals surface area (Å²) in [6.07, 6.45) is 3.02. The van der Waals surface area contributed by atoms with E-state index in [0.29, 0.717) is 43.0 Å². The number of rotatable bonds is 4. The van der Waals surface area contributed by atoms with Gasteiger partial charge in [-0.25, -0.2) is 9.67 Å². The highest BCUT2D eigenvalue weighted by molar-refractivity contribution is 6.36. The first kappa shape index (κ1) is 18.0. The number of hydrazone groups is 1. The van der Waals surface area contributed by atoms with Gasteiger partial charge in [0.15, 0.2) is 5.82 Å². The van der Waals surface area contributed by atoms with Crippen LogP contribution in [0.4, 0.5) is 5.82 Å². The van der Waals surface area contributed by atoms with Crippen LogP contribution in [-0.4, -0.2) is 21.0 Å². The summed E-state index contributed by atoms with van der Waals surface area (Å²) in [4.78, 5) is 4.06. The summed E-state index contributed by atoms with van der Waals surface area (Å²) in [5.74, 6) is 0.384. The summed E-state index contributed by atoms with van der Waals surface area (Å²) in [5.41, 5.74) is 4.79. The Morgan fingerprint density at radius 3 is 2.60 bits per heavy atom. The predicted octanol–water partition coefficient (Wildman–Crippen LogP) is 5.64. The lowest BCUT2D eigenvalue weighted by molar-refractivity contribution is 0.863. The molecule has 2 aromatic heterocycles. The van der Waals surface area contributed by atoms with Gasteiger partial charge in [0.2, 0.25) is 0 Å². The van der Waals surface area contributed by atoms with Crippen LogP contribution in [0.15, 0.2) is 41.6 Å². The first-order valence-corrected chi connectivity index (χ1v) is 8.58. The van der Waals surface area contributed by atoms with Gasteiger partial charge in [-0.05, 0) is 25.1 Å². The number of aryl methyl sites for hydroxylation is 1. The molecule has 0 amide bonds. The van der Waals surface area contributed by atoms with Crippen molar-refractivity contribution in [2.24, 2.45) is 5.10 Å². The third kappa shape index (κ3) is 3.90. The Morgan fingerprint density at radius 1 is 1.12 bits per heavy atom. The van der Waals surface area contributed by atoms with Crippen molar-refractivity contribution in [2.75, 3.05) is 5.43 Å². The van der Waals surface area contributed by atoms with Crippen LogP contribution in [0, 0.1) is 6.92 Å². The van der Waals surface area contributed by atoms with Crippen molar-refractivity contribution in [1.82, 2.24) is 14.8 Å². The quantitative estimate of drug-likeness (QED) is 0.444. The zero-order chi connectivity index (χ0) is 18.0. The molecule has 1 N–H and O–H groups in total. The molecule has 0 fully saturated rings. The topological polar surface area (TPSA) is 55.1 Å². The fraction of sp³-hybridized carbons (Fsp3) is 0.0625. The minimum Gasteiger partial charge on any atom is -0.260 e. The molecule has 0 spiro atoms. The molecule has 0 aliphatic heterocycles. The second kappa shape index (κ2) is 7.62. The van der Waals surface area contributed by atoms with Crippen LogP contribution in [0.5, 0.6) is 0 Å². The average molecular weight is 415 g/mol. The fourth-order valence-corrected chi connectivity index (χ4v) is 3.05. The normalized spacial score (nSPS) is 11.2. The van der Waals surface area contributed by atoms with Crippen LogP contribution in [0.1, 0.15) is 11.3 Å². The largest absolute Gasteiger partial charge is 0.260 e. The minimum atomic E-state index is 0.360. The van der Waals surface area contributed by atoms with Gasteiger partial charge in [0.05, 0.1) is 38.2 Å². The standard InChI is InChI=1S/C16H11Cl4N5/c1-9-11(8-22-23-16-13(19)6-10(17)7-21-16)15(20)25(24-9)14-5-3-2-4-12(14)18/h2-8H,1H3,(H,21,23)/b22-8+. The lowest BCUT2D eigenvalue weighted by Crippen LogP contribution is -1.98. The highest BCUT2D eigenvalue weighted by atomic mass is 35.5. The third-order valence-electron chi connectivity index (χ3n) is 3.30. The van der Waals surface area contributed by atoms with E-state index in [1.165, 1.54) is 6.20 Å². The molecule has 0 bridgehead atoms. The summed E-state index contributed by atoms with van der Waals surface area (Å²) in [7, 11) is 0. The molecule has 0 saturated carbocycles. The Labute approximate surface area is 164 Å². The van der Waals surface area contributed by atoms with Crippen LogP contribution in [0.25, 0.3) is 5.69 Å². The molecule has 128 valence electrons. The van der Waals surface area contributed by atoms with Crippen molar-refractivity contribution >= 4 is 58.4 Å². The van der Waals surface area contributed by atoms with Gasteiger partial charge in [-0.15, -0.1) is 0 Å². The van der Waals surface area contributed by atoms with Crippen LogP contribution in [0.2, 0.25) is 20.2 Å². The van der Waals surface area contributed by atoms with E-state index in [-0.39, 0.29) is 0 Å². The molecule has 9 heteroatoms. The third-order valence-corrected chi connectivity index (χ3v) is 4.48. The SMILES string of the molecule is Cc1nn(-c2ccccc2Cl)c(Cl)c1/C=N/Nc1ncc(Cl)cc1Cl. The Bertz CT molecular complexity index is 952. The monoisotopic (exact) mass is 413 g/mol. The van der Waals surface area contributed by atoms with Crippen molar-refractivity contribution in [3.8, 4) is 5.69 Å². The Balaban J connectivity index is 1.87. The number of benzene rings is 1. The van der Waals surface area contributed by atoms with Crippen molar-refractivity contribution in [2.45, 2.75) is 6.92 Å². The maximum atomic E-state index is 6.43. The maximum absolute atomic E-state index is 6.43. The predicted molar refractivity (Wildman–Crippen MR) is 104 cm³/mol. The molecule has 1 aromatic carbocycles. The first-order valence-electron chi connectivity index (χ1n) is 7.07. The first-order chi connectivity index (χ1) is 12.0. The van der Waals surface area contributed by atoms with Gasteiger partial charge in [-0.2, -0.15) is 10.2 Å². The van der Waals surface area contributed by atoms with Crippen LogP contribution < -0.4 is 5.43 Å². The molecule has 5 nitrogen and oxygen atoms in total. The summed E-state index contributed by atoms with van der Waals surface area (Å²) >= 11 is 24.5. The van der Waals surface area contributed by atoms with Crippen molar-refractivity contribution < 1.29 is 0 Å². The molecule has 0 atom stereocenters. The van der Waals surface area contributed by atoms with E-state index in [1.807, 2.05) is 25.1 Å². The van der Waals surface area contributed by atoms with E-state index in [4.69, 9.17) is 46.4 Å². The molecule has 0 radical (unpaired) electrons. The molecule has 3 rings (SSSR count). The number of hydrogen-bond donors (Lipinski definition) is 1. The van der Waals surface area contributed by atoms with E-state index in [9.17, 15) is 0 Å². The van der Waals surface area contributed by atoms with Crippen molar-refractivity contribution in [1.29, 1.82) is 0 Å².